The molecule has 5 rings (SSSR count). The van der Waals surface area contributed by atoms with Gasteiger partial charge in [-0.1, -0.05) is 36.4 Å². The number of carbonyl (C=O) groups excluding carboxylic acids is 2. The lowest BCUT2D eigenvalue weighted by Gasteiger charge is -2.17. The first-order valence-electron chi connectivity index (χ1n) is 10.8. The fourth-order valence-corrected chi connectivity index (χ4v) is 5.38. The smallest absolute Gasteiger partial charge is 0.250 e. The van der Waals surface area contributed by atoms with E-state index < -0.39 is 0 Å². The molecule has 2 N–H and O–H groups in total. The third-order valence-electron chi connectivity index (χ3n) is 5.32. The number of benzene rings is 2. The van der Waals surface area contributed by atoms with Gasteiger partial charge in [0.15, 0.2) is 10.3 Å². The summed E-state index contributed by atoms with van der Waals surface area (Å²) in [6, 6.07) is 17.4. The second kappa shape index (κ2) is 9.65. The van der Waals surface area contributed by atoms with Crippen LogP contribution in [0.25, 0.3) is 28.2 Å². The second-order valence-corrected chi connectivity index (χ2v) is 9.47. The van der Waals surface area contributed by atoms with E-state index in [2.05, 4.69) is 26.3 Å². The van der Waals surface area contributed by atoms with Crippen LogP contribution in [0.5, 0.6) is 0 Å². The van der Waals surface area contributed by atoms with Gasteiger partial charge in [-0.2, -0.15) is 0 Å². The van der Waals surface area contributed by atoms with E-state index in [-0.39, 0.29) is 11.8 Å². The van der Waals surface area contributed by atoms with Gasteiger partial charge in [0, 0.05) is 45.9 Å². The summed E-state index contributed by atoms with van der Waals surface area (Å²) < 4.78 is 0. The lowest BCUT2D eigenvalue weighted by Crippen LogP contribution is -2.22. The number of amides is 2. The molecule has 0 aliphatic carbocycles. The highest BCUT2D eigenvalue weighted by molar-refractivity contribution is 7.14. The first kappa shape index (κ1) is 22.7. The van der Waals surface area contributed by atoms with Crippen LogP contribution >= 0.6 is 22.7 Å². The number of H-pyrrole nitrogens is 1. The van der Waals surface area contributed by atoms with Gasteiger partial charge in [0.25, 0.3) is 0 Å². The molecule has 0 radical (unpaired) electrons. The van der Waals surface area contributed by atoms with Gasteiger partial charge in [-0.15, -0.1) is 22.7 Å². The molecule has 35 heavy (non-hydrogen) atoms. The van der Waals surface area contributed by atoms with Crippen molar-refractivity contribution < 1.29 is 9.59 Å². The van der Waals surface area contributed by atoms with E-state index in [1.54, 1.807) is 16.4 Å². The Morgan fingerprint density at radius 1 is 1.00 bits per heavy atom. The van der Waals surface area contributed by atoms with E-state index in [1.165, 1.54) is 35.7 Å². The van der Waals surface area contributed by atoms with Crippen LogP contribution in [0.3, 0.4) is 0 Å². The number of hydrogen-bond donors (Lipinski definition) is 2. The lowest BCUT2D eigenvalue weighted by atomic mass is 10.1. The quantitative estimate of drug-likeness (QED) is 0.265. The van der Waals surface area contributed by atoms with Crippen LogP contribution in [0.15, 0.2) is 71.4 Å². The molecule has 0 aliphatic heterocycles. The number of rotatable bonds is 6. The highest BCUT2D eigenvalue weighted by Gasteiger charge is 2.17. The van der Waals surface area contributed by atoms with Crippen LogP contribution in [-0.2, 0) is 9.59 Å². The number of fused-ring (bicyclic) bond motifs is 1. The summed E-state index contributed by atoms with van der Waals surface area (Å²) in [7, 11) is 0. The van der Waals surface area contributed by atoms with Crippen molar-refractivity contribution >= 4 is 67.4 Å². The molecule has 0 saturated carbocycles. The molecule has 174 valence electrons. The van der Waals surface area contributed by atoms with Crippen LogP contribution in [-0.4, -0.2) is 26.8 Å². The van der Waals surface area contributed by atoms with Gasteiger partial charge in [-0.25, -0.2) is 9.97 Å². The minimum atomic E-state index is -0.303. The van der Waals surface area contributed by atoms with Crippen LogP contribution in [0.2, 0.25) is 0 Å². The number of para-hydroxylation sites is 2. The Morgan fingerprint density at radius 3 is 2.57 bits per heavy atom. The molecule has 0 spiro atoms. The number of thiazole rings is 2. The molecule has 9 heteroatoms. The number of carbonyl (C=O) groups is 2. The molecule has 0 bridgehead atoms. The monoisotopic (exact) mass is 499 g/mol. The molecule has 2 aromatic carbocycles. The highest BCUT2D eigenvalue weighted by atomic mass is 32.1. The number of nitrogens with zero attached hydrogens (tertiary/aromatic N) is 3. The van der Waals surface area contributed by atoms with Crippen LogP contribution in [0.1, 0.15) is 18.3 Å². The maximum absolute atomic E-state index is 12.5. The summed E-state index contributed by atoms with van der Waals surface area (Å²) in [5.74, 6) is -0.439. The average Bonchev–Trinajstić information content (AvgIpc) is 3.56. The molecule has 0 saturated heterocycles. The first-order chi connectivity index (χ1) is 17.0. The molecule has 0 unspecified atom stereocenters. The number of anilines is 3. The Labute approximate surface area is 209 Å². The van der Waals surface area contributed by atoms with Gasteiger partial charge in [0.05, 0.1) is 17.1 Å². The number of aromatic nitrogens is 3. The minimum Gasteiger partial charge on any atom is -0.358 e. The predicted molar refractivity (Wildman–Crippen MR) is 143 cm³/mol. The number of nitrogens with one attached hydrogen (secondary N) is 2. The molecule has 0 fully saturated rings. The van der Waals surface area contributed by atoms with Crippen molar-refractivity contribution in [3.05, 3.63) is 82.8 Å². The highest BCUT2D eigenvalue weighted by Crippen LogP contribution is 2.34. The van der Waals surface area contributed by atoms with Gasteiger partial charge < -0.3 is 4.98 Å². The van der Waals surface area contributed by atoms with Gasteiger partial charge in [0.1, 0.15) is 0 Å². The standard InChI is InChI=1S/C26H21N5O2S2/c1-16-24(20-10-6-7-11-21(20)27-16)22-15-34-25(29-22)30-23(33)13-12-18-14-35-26(28-18)31(17(2)32)19-8-4-3-5-9-19/h3-15,27H,1-2H3,(H,29,30,33)/b13-12+. The summed E-state index contributed by atoms with van der Waals surface area (Å²) in [6.07, 6.45) is 3.04. The third-order valence-corrected chi connectivity index (χ3v) is 6.92. The van der Waals surface area contributed by atoms with Gasteiger partial charge >= 0.3 is 0 Å². The predicted octanol–water partition coefficient (Wildman–Crippen LogP) is 6.39. The largest absolute Gasteiger partial charge is 0.358 e. The zero-order valence-electron chi connectivity index (χ0n) is 19.0. The maximum atomic E-state index is 12.5. The van der Waals surface area contributed by atoms with Crippen molar-refractivity contribution in [3.8, 4) is 11.3 Å². The van der Waals surface area contributed by atoms with Gasteiger partial charge in [-0.05, 0) is 31.2 Å². The van der Waals surface area contributed by atoms with Crippen molar-refractivity contribution in [1.29, 1.82) is 0 Å². The summed E-state index contributed by atoms with van der Waals surface area (Å²) in [4.78, 5) is 38.8. The Kier molecular flexibility index (Phi) is 6.26. The summed E-state index contributed by atoms with van der Waals surface area (Å²) in [6.45, 7) is 3.51. The van der Waals surface area contributed by atoms with Gasteiger partial charge in [0.2, 0.25) is 11.8 Å². The normalized spacial score (nSPS) is 11.3. The Hall–Kier alpha value is -4.08. The zero-order valence-corrected chi connectivity index (χ0v) is 20.6. The van der Waals surface area contributed by atoms with E-state index in [0.29, 0.717) is 16.0 Å². The van der Waals surface area contributed by atoms with Gasteiger partial charge in [-0.3, -0.25) is 19.8 Å². The molecule has 3 heterocycles. The molecule has 0 aliphatic rings. The van der Waals surface area contributed by atoms with Crippen molar-refractivity contribution in [3.63, 3.8) is 0 Å². The van der Waals surface area contributed by atoms with Crippen molar-refractivity contribution in [2.75, 3.05) is 10.2 Å². The summed E-state index contributed by atoms with van der Waals surface area (Å²) in [5.41, 5.74) is 5.28. The fourth-order valence-electron chi connectivity index (χ4n) is 3.82. The SMILES string of the molecule is CC(=O)N(c1ccccc1)c1nc(/C=C/C(=O)Nc2nc(-c3c(C)[nH]c4ccccc34)cs2)cs1. The third kappa shape index (κ3) is 4.77. The minimum absolute atomic E-state index is 0.135. The van der Waals surface area contributed by atoms with Crippen LogP contribution in [0.4, 0.5) is 16.0 Å². The van der Waals surface area contributed by atoms with Crippen molar-refractivity contribution in [2.24, 2.45) is 0 Å². The van der Waals surface area contributed by atoms with E-state index in [0.717, 1.165) is 33.5 Å². The topological polar surface area (TPSA) is 91.0 Å². The Bertz CT molecular complexity index is 1550. The van der Waals surface area contributed by atoms with Crippen LogP contribution < -0.4 is 10.2 Å². The number of aromatic amines is 1. The molecule has 5 aromatic rings. The Morgan fingerprint density at radius 2 is 1.77 bits per heavy atom. The van der Waals surface area contributed by atoms with Crippen molar-refractivity contribution in [1.82, 2.24) is 15.0 Å². The molecular weight excluding hydrogens is 478 g/mol. The van der Waals surface area contributed by atoms with E-state index in [4.69, 9.17) is 0 Å². The zero-order chi connectivity index (χ0) is 24.4. The van der Waals surface area contributed by atoms with E-state index in [1.807, 2.05) is 60.8 Å². The second-order valence-electron chi connectivity index (χ2n) is 7.78. The van der Waals surface area contributed by atoms with E-state index >= 15 is 0 Å². The maximum Gasteiger partial charge on any atom is 0.250 e. The molecule has 7 nitrogen and oxygen atoms in total. The number of hydrogen-bond acceptors (Lipinski definition) is 6. The average molecular weight is 500 g/mol. The van der Waals surface area contributed by atoms with Crippen molar-refractivity contribution in [2.45, 2.75) is 13.8 Å². The Balaban J connectivity index is 1.29. The molecule has 2 amide bonds. The molecule has 0 atom stereocenters. The summed E-state index contributed by atoms with van der Waals surface area (Å²) in [5, 5.41) is 8.72. The lowest BCUT2D eigenvalue weighted by molar-refractivity contribution is -0.116. The van der Waals surface area contributed by atoms with E-state index in [9.17, 15) is 9.59 Å². The van der Waals surface area contributed by atoms with Crippen LogP contribution in [0, 0.1) is 6.92 Å². The first-order valence-corrected chi connectivity index (χ1v) is 12.6. The molecule has 3 aromatic heterocycles. The number of aryl methyl sites for hydroxylation is 1. The summed E-state index contributed by atoms with van der Waals surface area (Å²) >= 11 is 2.71. The molecular formula is C26H21N5O2S2. The fraction of sp³-hybridized carbons (Fsp3) is 0.0769.